The van der Waals surface area contributed by atoms with E-state index in [0.29, 0.717) is 5.56 Å². The molecular weight excluding hydrogens is 363 g/mol. The highest BCUT2D eigenvalue weighted by Gasteiger charge is 2.27. The molecule has 0 fully saturated rings. The second-order valence-electron chi connectivity index (χ2n) is 5.59. The average molecular weight is 377 g/mol. The molecule has 6 nitrogen and oxygen atoms in total. The predicted octanol–water partition coefficient (Wildman–Crippen LogP) is 2.89. The first kappa shape index (κ1) is 17.9. The summed E-state index contributed by atoms with van der Waals surface area (Å²) in [5.74, 6) is -2.65. The quantitative estimate of drug-likeness (QED) is 0.708. The molecule has 8 heteroatoms. The third-order valence-corrected chi connectivity index (χ3v) is 4.33. The summed E-state index contributed by atoms with van der Waals surface area (Å²) in [6, 6.07) is 8.71. The monoisotopic (exact) mass is 376 g/mol. The minimum absolute atomic E-state index is 0.0956. The molecule has 2 aromatic heterocycles. The number of esters is 1. The van der Waals surface area contributed by atoms with Gasteiger partial charge in [0.2, 0.25) is 5.88 Å². The third kappa shape index (κ3) is 3.25. The van der Waals surface area contributed by atoms with Crippen LogP contribution in [0, 0.1) is 5.82 Å². The molecule has 3 rings (SSSR count). The number of nitrogens with zero attached hydrogens (tertiary/aromatic N) is 2. The van der Waals surface area contributed by atoms with Crippen LogP contribution in [0.3, 0.4) is 0 Å². The first-order chi connectivity index (χ1) is 12.4. The third-order valence-electron chi connectivity index (χ3n) is 4.04. The highest BCUT2D eigenvalue weighted by Crippen LogP contribution is 2.33. The van der Waals surface area contributed by atoms with Gasteiger partial charge in [0.25, 0.3) is 5.56 Å². The number of halogens is 2. The van der Waals surface area contributed by atoms with E-state index in [-0.39, 0.29) is 22.7 Å². The van der Waals surface area contributed by atoms with Crippen molar-refractivity contribution in [3.63, 3.8) is 0 Å². The van der Waals surface area contributed by atoms with Crippen molar-refractivity contribution in [1.82, 2.24) is 9.38 Å². The lowest BCUT2D eigenvalue weighted by atomic mass is 9.89. The normalized spacial score (nSPS) is 12.1. The summed E-state index contributed by atoms with van der Waals surface area (Å²) in [5.41, 5.74) is 0.00353. The van der Waals surface area contributed by atoms with E-state index < -0.39 is 29.1 Å². The van der Waals surface area contributed by atoms with Gasteiger partial charge in [0, 0.05) is 12.1 Å². The predicted molar refractivity (Wildman–Crippen MR) is 93.0 cm³/mol. The molecular formula is C18H14ClFN2O4. The van der Waals surface area contributed by atoms with E-state index >= 15 is 0 Å². The summed E-state index contributed by atoms with van der Waals surface area (Å²) >= 11 is 5.84. The minimum Gasteiger partial charge on any atom is -0.493 e. The fourth-order valence-corrected chi connectivity index (χ4v) is 2.95. The number of carbonyl (C=O) groups excluding carboxylic acids is 1. The van der Waals surface area contributed by atoms with Gasteiger partial charge in [-0.05, 0) is 29.8 Å². The van der Waals surface area contributed by atoms with Crippen molar-refractivity contribution >= 4 is 23.2 Å². The van der Waals surface area contributed by atoms with E-state index in [0.717, 1.165) is 6.07 Å². The number of fused-ring (bicyclic) bond motifs is 1. The highest BCUT2D eigenvalue weighted by atomic mass is 35.5. The highest BCUT2D eigenvalue weighted by molar-refractivity contribution is 6.30. The average Bonchev–Trinajstić information content (AvgIpc) is 2.63. The Labute approximate surface area is 152 Å². The lowest BCUT2D eigenvalue weighted by Crippen LogP contribution is -2.24. The Kier molecular flexibility index (Phi) is 4.90. The van der Waals surface area contributed by atoms with Crippen molar-refractivity contribution in [3.8, 4) is 5.88 Å². The fraction of sp³-hybridized carbons (Fsp3) is 0.167. The summed E-state index contributed by atoms with van der Waals surface area (Å²) in [6.07, 6.45) is 1.25. The number of ether oxygens (including phenoxy) is 1. The summed E-state index contributed by atoms with van der Waals surface area (Å²) in [5, 5.41) is 10.2. The van der Waals surface area contributed by atoms with E-state index in [1.165, 1.54) is 29.8 Å². The molecule has 0 spiro atoms. The molecule has 0 saturated carbocycles. The molecule has 1 atom stereocenters. The van der Waals surface area contributed by atoms with Gasteiger partial charge < -0.3 is 9.84 Å². The van der Waals surface area contributed by atoms with Crippen molar-refractivity contribution in [2.75, 3.05) is 7.11 Å². The molecule has 0 aliphatic carbocycles. The smallest absolute Gasteiger partial charge is 0.306 e. The van der Waals surface area contributed by atoms with Gasteiger partial charge in [0.15, 0.2) is 0 Å². The number of rotatable bonds is 4. The molecule has 0 aliphatic heterocycles. The zero-order valence-electron chi connectivity index (χ0n) is 13.6. The Morgan fingerprint density at radius 1 is 1.38 bits per heavy atom. The lowest BCUT2D eigenvalue weighted by Gasteiger charge is -2.18. The number of benzene rings is 1. The van der Waals surface area contributed by atoms with E-state index in [1.807, 2.05) is 0 Å². The topological polar surface area (TPSA) is 80.9 Å². The lowest BCUT2D eigenvalue weighted by molar-refractivity contribution is -0.140. The van der Waals surface area contributed by atoms with Crippen LogP contribution in [0.4, 0.5) is 4.39 Å². The molecule has 26 heavy (non-hydrogen) atoms. The van der Waals surface area contributed by atoms with Crippen LogP contribution in [-0.4, -0.2) is 27.6 Å². The number of hydrogen-bond donors (Lipinski definition) is 1. The maximum atomic E-state index is 13.5. The zero-order valence-corrected chi connectivity index (χ0v) is 14.4. The Hall–Kier alpha value is -2.93. The molecule has 0 unspecified atom stereocenters. The van der Waals surface area contributed by atoms with Crippen LogP contribution < -0.4 is 5.56 Å². The minimum atomic E-state index is -0.905. The number of aromatic hydroxyl groups is 1. The number of carbonyl (C=O) groups is 1. The molecule has 134 valence electrons. The largest absolute Gasteiger partial charge is 0.493 e. The van der Waals surface area contributed by atoms with Crippen molar-refractivity contribution in [2.45, 2.75) is 12.3 Å². The van der Waals surface area contributed by atoms with Crippen LogP contribution in [0.15, 0.2) is 47.4 Å². The molecule has 3 aromatic rings. The number of methoxy groups -OCH3 is 1. The molecule has 0 bridgehead atoms. The molecule has 0 amide bonds. The summed E-state index contributed by atoms with van der Waals surface area (Å²) < 4.78 is 19.5. The van der Waals surface area contributed by atoms with Gasteiger partial charge in [-0.1, -0.05) is 23.7 Å². The van der Waals surface area contributed by atoms with Crippen LogP contribution in [0.2, 0.25) is 5.02 Å². The van der Waals surface area contributed by atoms with Crippen LogP contribution in [0.25, 0.3) is 5.65 Å². The van der Waals surface area contributed by atoms with Gasteiger partial charge in [-0.2, -0.15) is 4.98 Å². The first-order valence-corrected chi connectivity index (χ1v) is 8.02. The number of pyridine rings is 1. The van der Waals surface area contributed by atoms with E-state index in [1.54, 1.807) is 18.2 Å². The van der Waals surface area contributed by atoms with Gasteiger partial charge in [-0.3, -0.25) is 14.0 Å². The second-order valence-corrected chi connectivity index (χ2v) is 6.00. The van der Waals surface area contributed by atoms with Gasteiger partial charge in [0.1, 0.15) is 11.5 Å². The maximum Gasteiger partial charge on any atom is 0.306 e. The van der Waals surface area contributed by atoms with Crippen LogP contribution in [-0.2, 0) is 9.53 Å². The molecule has 2 heterocycles. The fourth-order valence-electron chi connectivity index (χ4n) is 2.76. The van der Waals surface area contributed by atoms with Gasteiger partial charge in [-0.15, -0.1) is 0 Å². The zero-order chi connectivity index (χ0) is 18.8. The van der Waals surface area contributed by atoms with Crippen LogP contribution >= 0.6 is 11.6 Å². The first-order valence-electron chi connectivity index (χ1n) is 7.64. The molecule has 0 aliphatic rings. The summed E-state index contributed by atoms with van der Waals surface area (Å²) in [6.45, 7) is 0. The number of aromatic nitrogens is 2. The molecule has 0 radical (unpaired) electrons. The Morgan fingerprint density at radius 3 is 2.85 bits per heavy atom. The molecule has 1 N–H and O–H groups in total. The Balaban J connectivity index is 2.24. The van der Waals surface area contributed by atoms with Crippen molar-refractivity contribution in [3.05, 3.63) is 74.9 Å². The second kappa shape index (κ2) is 7.13. The van der Waals surface area contributed by atoms with Crippen molar-refractivity contribution in [2.24, 2.45) is 0 Å². The number of hydrogen-bond acceptors (Lipinski definition) is 5. The molecule has 0 saturated heterocycles. The Morgan fingerprint density at radius 2 is 2.15 bits per heavy atom. The van der Waals surface area contributed by atoms with Gasteiger partial charge in [0.05, 0.1) is 24.1 Å². The standard InChI is InChI=1S/C18H14ClFN2O4/c1-26-15(23)9-11(10-5-6-13(20)12(19)8-10)16-17(24)21-14-4-2-3-7-22(14)18(16)25/h2-8,11,24H,9H2,1H3/t11-/m1/s1. The van der Waals surface area contributed by atoms with E-state index in [2.05, 4.69) is 9.72 Å². The molecule has 1 aromatic carbocycles. The SMILES string of the molecule is COC(=O)C[C@H](c1ccc(F)c(Cl)c1)c1c(O)nc2ccccn2c1=O. The van der Waals surface area contributed by atoms with Crippen molar-refractivity contribution in [1.29, 1.82) is 0 Å². The maximum absolute atomic E-state index is 13.5. The Bertz CT molecular complexity index is 1050. The van der Waals surface area contributed by atoms with Gasteiger partial charge in [-0.25, -0.2) is 4.39 Å². The summed E-state index contributed by atoms with van der Waals surface area (Å²) in [4.78, 5) is 28.8. The van der Waals surface area contributed by atoms with E-state index in [9.17, 15) is 19.1 Å². The van der Waals surface area contributed by atoms with Crippen LogP contribution in [0.1, 0.15) is 23.5 Å². The van der Waals surface area contributed by atoms with Gasteiger partial charge >= 0.3 is 5.97 Å². The summed E-state index contributed by atoms with van der Waals surface area (Å²) in [7, 11) is 1.21. The van der Waals surface area contributed by atoms with E-state index in [4.69, 9.17) is 11.6 Å². The van der Waals surface area contributed by atoms with Crippen molar-refractivity contribution < 1.29 is 19.0 Å². The van der Waals surface area contributed by atoms with Crippen LogP contribution in [0.5, 0.6) is 5.88 Å².